The Morgan fingerprint density at radius 2 is 1.97 bits per heavy atom. The van der Waals surface area contributed by atoms with Crippen LogP contribution in [-0.4, -0.2) is 35.3 Å². The first-order chi connectivity index (χ1) is 14.0. The quantitative estimate of drug-likeness (QED) is 0.265. The molecule has 4 rings (SSSR count). The minimum absolute atomic E-state index is 0.0263. The first-order valence-electron chi connectivity index (χ1n) is 8.30. The third kappa shape index (κ3) is 3.96. The second-order valence-corrected chi connectivity index (χ2v) is 7.17. The van der Waals surface area contributed by atoms with E-state index in [1.165, 1.54) is 52.8 Å². The first kappa shape index (κ1) is 18.7. The van der Waals surface area contributed by atoms with E-state index in [1.807, 2.05) is 6.92 Å². The van der Waals surface area contributed by atoms with E-state index >= 15 is 0 Å². The smallest absolute Gasteiger partial charge is 0.269 e. The minimum Gasteiger partial charge on any atom is -0.419 e. The monoisotopic (exact) mass is 413 g/mol. The van der Waals surface area contributed by atoms with Crippen molar-refractivity contribution in [3.63, 3.8) is 0 Å². The van der Waals surface area contributed by atoms with Gasteiger partial charge >= 0.3 is 0 Å². The number of nitro groups is 1. The molecule has 10 nitrogen and oxygen atoms in total. The summed E-state index contributed by atoms with van der Waals surface area (Å²) in [4.78, 5) is 10.3. The number of thioether (sulfide) groups is 1. The molecule has 0 aliphatic carbocycles. The fourth-order valence-corrected chi connectivity index (χ4v) is 3.31. The molecule has 0 amide bonds. The van der Waals surface area contributed by atoms with Gasteiger partial charge in [-0.2, -0.15) is 4.68 Å². The van der Waals surface area contributed by atoms with Gasteiger partial charge in [0.05, 0.1) is 15.9 Å². The van der Waals surface area contributed by atoms with Gasteiger partial charge in [-0.25, -0.2) is 4.39 Å². The maximum Gasteiger partial charge on any atom is 0.269 e. The van der Waals surface area contributed by atoms with E-state index in [0.29, 0.717) is 22.3 Å². The average molecular weight is 413 g/mol. The van der Waals surface area contributed by atoms with Crippen LogP contribution in [0.3, 0.4) is 0 Å². The number of hydrogen-bond acceptors (Lipinski definition) is 9. The molecule has 1 atom stereocenters. The zero-order valence-electron chi connectivity index (χ0n) is 14.8. The molecule has 0 fully saturated rings. The van der Waals surface area contributed by atoms with Gasteiger partial charge in [0.1, 0.15) is 5.82 Å². The van der Waals surface area contributed by atoms with Crippen molar-refractivity contribution in [3.05, 3.63) is 70.4 Å². The maximum atomic E-state index is 13.5. The highest BCUT2D eigenvalue weighted by molar-refractivity contribution is 7.99. The van der Waals surface area contributed by atoms with Crippen LogP contribution >= 0.6 is 11.8 Å². The lowest BCUT2D eigenvalue weighted by Crippen LogP contribution is -2.00. The van der Waals surface area contributed by atoms with Crippen molar-refractivity contribution in [2.45, 2.75) is 17.3 Å². The molecule has 1 unspecified atom stereocenters. The van der Waals surface area contributed by atoms with Gasteiger partial charge in [-0.3, -0.25) is 10.1 Å². The molecule has 12 heteroatoms. The van der Waals surface area contributed by atoms with Gasteiger partial charge in [-0.15, -0.1) is 15.3 Å². The van der Waals surface area contributed by atoms with Crippen molar-refractivity contribution < 1.29 is 13.7 Å². The summed E-state index contributed by atoms with van der Waals surface area (Å²) in [5, 5.41) is 30.4. The summed E-state index contributed by atoms with van der Waals surface area (Å²) in [6.45, 7) is 1.84. The lowest BCUT2D eigenvalue weighted by molar-refractivity contribution is -0.384. The van der Waals surface area contributed by atoms with Crippen molar-refractivity contribution in [2.24, 2.45) is 0 Å². The largest absolute Gasteiger partial charge is 0.419 e. The Morgan fingerprint density at radius 1 is 1.17 bits per heavy atom. The van der Waals surface area contributed by atoms with Crippen molar-refractivity contribution in [1.29, 1.82) is 0 Å². The van der Waals surface area contributed by atoms with Gasteiger partial charge in [0, 0.05) is 17.7 Å². The van der Waals surface area contributed by atoms with Gasteiger partial charge in [-0.05, 0) is 47.7 Å². The number of rotatable bonds is 6. The normalized spacial score (nSPS) is 12.1. The fourth-order valence-electron chi connectivity index (χ4n) is 2.47. The van der Waals surface area contributed by atoms with E-state index in [2.05, 4.69) is 25.7 Å². The zero-order chi connectivity index (χ0) is 20.4. The summed E-state index contributed by atoms with van der Waals surface area (Å²) in [6.07, 6.45) is 0. The van der Waals surface area contributed by atoms with Crippen LogP contribution in [0.5, 0.6) is 0 Å². The summed E-state index contributed by atoms with van der Waals surface area (Å²) >= 11 is 1.26. The average Bonchev–Trinajstić information content (AvgIpc) is 3.38. The van der Waals surface area contributed by atoms with Crippen LogP contribution in [0, 0.1) is 15.9 Å². The standard InChI is InChI=1S/C17H12FN7O3S/c1-10(29-17-21-22-23-24(17)14-4-2-3-12(18)9-14)15-19-20-16(28-15)11-5-7-13(8-6-11)25(26)27/h2-10H,1H3. The van der Waals surface area contributed by atoms with Gasteiger partial charge in [0.15, 0.2) is 0 Å². The Labute approximate surface area is 166 Å². The molecule has 2 aromatic heterocycles. The fraction of sp³-hybridized carbons (Fsp3) is 0.118. The third-order valence-corrected chi connectivity index (χ3v) is 4.91. The predicted octanol–water partition coefficient (Wildman–Crippen LogP) is 3.61. The summed E-state index contributed by atoms with van der Waals surface area (Å²) in [5.41, 5.74) is 1.03. The molecule has 4 aromatic rings. The zero-order valence-corrected chi connectivity index (χ0v) is 15.7. The van der Waals surface area contributed by atoms with Crippen molar-refractivity contribution in [3.8, 4) is 17.1 Å². The second-order valence-electron chi connectivity index (χ2n) is 5.86. The number of hydrogen-bond donors (Lipinski definition) is 0. The van der Waals surface area contributed by atoms with Crippen molar-refractivity contribution in [1.82, 2.24) is 30.4 Å². The lowest BCUT2D eigenvalue weighted by atomic mass is 10.2. The molecule has 146 valence electrons. The van der Waals surface area contributed by atoms with E-state index in [4.69, 9.17) is 4.42 Å². The summed E-state index contributed by atoms with van der Waals surface area (Å²) in [7, 11) is 0. The molecule has 29 heavy (non-hydrogen) atoms. The van der Waals surface area contributed by atoms with Crippen LogP contribution in [0.4, 0.5) is 10.1 Å². The number of nitrogens with zero attached hydrogens (tertiary/aromatic N) is 7. The minimum atomic E-state index is -0.482. The Hall–Kier alpha value is -3.67. The van der Waals surface area contributed by atoms with Crippen LogP contribution < -0.4 is 0 Å². The molecule has 0 spiro atoms. The number of aromatic nitrogens is 6. The van der Waals surface area contributed by atoms with Gasteiger partial charge < -0.3 is 4.42 Å². The van der Waals surface area contributed by atoms with Crippen LogP contribution in [-0.2, 0) is 0 Å². The van der Waals surface area contributed by atoms with Gasteiger partial charge in [0.25, 0.3) is 5.69 Å². The van der Waals surface area contributed by atoms with Crippen LogP contribution in [0.2, 0.25) is 0 Å². The molecule has 0 aliphatic rings. The summed E-state index contributed by atoms with van der Waals surface area (Å²) in [5.74, 6) is 0.177. The highest BCUT2D eigenvalue weighted by Crippen LogP contribution is 2.34. The number of non-ortho nitro benzene ring substituents is 1. The van der Waals surface area contributed by atoms with Crippen molar-refractivity contribution in [2.75, 3.05) is 0 Å². The molecule has 0 radical (unpaired) electrons. The highest BCUT2D eigenvalue weighted by Gasteiger charge is 2.20. The van der Waals surface area contributed by atoms with Crippen LogP contribution in [0.1, 0.15) is 18.1 Å². The topological polar surface area (TPSA) is 126 Å². The van der Waals surface area contributed by atoms with E-state index in [1.54, 1.807) is 12.1 Å². The Bertz CT molecular complexity index is 1160. The molecule has 0 aliphatic heterocycles. The molecule has 0 N–H and O–H groups in total. The Balaban J connectivity index is 1.53. The molecule has 0 bridgehead atoms. The number of nitro benzene ring substituents is 1. The molecule has 0 saturated heterocycles. The predicted molar refractivity (Wildman–Crippen MR) is 99.8 cm³/mol. The van der Waals surface area contributed by atoms with Crippen molar-refractivity contribution >= 4 is 17.4 Å². The molecular formula is C17H12FN7O3S. The van der Waals surface area contributed by atoms with Gasteiger partial charge in [0.2, 0.25) is 16.9 Å². The lowest BCUT2D eigenvalue weighted by Gasteiger charge is -2.07. The van der Waals surface area contributed by atoms with E-state index < -0.39 is 10.7 Å². The SMILES string of the molecule is CC(Sc1nnnn1-c1cccc(F)c1)c1nnc(-c2ccc([N+](=O)[O-])cc2)o1. The summed E-state index contributed by atoms with van der Waals surface area (Å²) in [6, 6.07) is 11.7. The first-order valence-corrected chi connectivity index (χ1v) is 9.18. The van der Waals surface area contributed by atoms with Crippen LogP contribution in [0.15, 0.2) is 58.1 Å². The number of benzene rings is 2. The molecular weight excluding hydrogens is 401 g/mol. The highest BCUT2D eigenvalue weighted by atomic mass is 32.2. The maximum absolute atomic E-state index is 13.5. The number of halogens is 1. The molecule has 2 heterocycles. The summed E-state index contributed by atoms with van der Waals surface area (Å²) < 4.78 is 20.6. The Morgan fingerprint density at radius 3 is 2.69 bits per heavy atom. The molecule has 2 aromatic carbocycles. The molecule has 0 saturated carbocycles. The van der Waals surface area contributed by atoms with Crippen LogP contribution in [0.25, 0.3) is 17.1 Å². The van der Waals surface area contributed by atoms with E-state index in [9.17, 15) is 14.5 Å². The van der Waals surface area contributed by atoms with Gasteiger partial charge in [-0.1, -0.05) is 17.8 Å². The van der Waals surface area contributed by atoms with E-state index in [0.717, 1.165) is 0 Å². The third-order valence-electron chi connectivity index (χ3n) is 3.89. The second kappa shape index (κ2) is 7.75. The Kier molecular flexibility index (Phi) is 4.99. The van der Waals surface area contributed by atoms with E-state index in [-0.39, 0.29) is 16.8 Å². The number of tetrazole rings is 1.